The van der Waals surface area contributed by atoms with Crippen LogP contribution in [0.5, 0.6) is 5.75 Å². The Labute approximate surface area is 125 Å². The summed E-state index contributed by atoms with van der Waals surface area (Å²) in [6.07, 6.45) is 0. The molecule has 0 fully saturated rings. The second-order valence-electron chi connectivity index (χ2n) is 5.09. The van der Waals surface area contributed by atoms with Crippen LogP contribution in [0.4, 0.5) is 5.69 Å². The van der Waals surface area contributed by atoms with Crippen LogP contribution in [0.2, 0.25) is 0 Å². The van der Waals surface area contributed by atoms with E-state index >= 15 is 0 Å². The zero-order valence-corrected chi connectivity index (χ0v) is 12.6. The molecule has 4 heteroatoms. The van der Waals surface area contributed by atoms with Gasteiger partial charge in [-0.3, -0.25) is 4.79 Å². The molecule has 2 aromatic rings. The highest BCUT2D eigenvalue weighted by Gasteiger charge is 2.15. The van der Waals surface area contributed by atoms with Gasteiger partial charge in [0.25, 0.3) is 5.91 Å². The van der Waals surface area contributed by atoms with E-state index in [0.717, 1.165) is 16.9 Å². The van der Waals surface area contributed by atoms with Crippen molar-refractivity contribution < 1.29 is 9.53 Å². The number of methoxy groups -OCH3 is 1. The average Bonchev–Trinajstić information content (AvgIpc) is 2.49. The van der Waals surface area contributed by atoms with E-state index in [1.807, 2.05) is 37.3 Å². The minimum atomic E-state index is -0.0392. The maximum absolute atomic E-state index is 12.5. The van der Waals surface area contributed by atoms with E-state index in [9.17, 15) is 4.79 Å². The molecule has 0 aliphatic carbocycles. The average molecular weight is 284 g/mol. The van der Waals surface area contributed by atoms with Gasteiger partial charge in [-0.15, -0.1) is 0 Å². The van der Waals surface area contributed by atoms with Gasteiger partial charge in [0, 0.05) is 24.8 Å². The second kappa shape index (κ2) is 6.31. The van der Waals surface area contributed by atoms with Crippen LogP contribution in [0.25, 0.3) is 0 Å². The van der Waals surface area contributed by atoms with Crippen LogP contribution < -0.4 is 10.5 Å². The van der Waals surface area contributed by atoms with Crippen LogP contribution >= 0.6 is 0 Å². The molecule has 0 aliphatic heterocycles. The number of nitrogen functional groups attached to an aromatic ring is 1. The predicted molar refractivity (Wildman–Crippen MR) is 84.4 cm³/mol. The molecular weight excluding hydrogens is 264 g/mol. The van der Waals surface area contributed by atoms with E-state index in [1.165, 1.54) is 0 Å². The zero-order chi connectivity index (χ0) is 15.4. The molecule has 2 aromatic carbocycles. The largest absolute Gasteiger partial charge is 0.497 e. The summed E-state index contributed by atoms with van der Waals surface area (Å²) in [6, 6.07) is 13.1. The van der Waals surface area contributed by atoms with Crippen molar-refractivity contribution in [2.75, 3.05) is 19.9 Å². The number of nitrogens with two attached hydrogens (primary N) is 1. The lowest BCUT2D eigenvalue weighted by molar-refractivity contribution is 0.0784. The minimum Gasteiger partial charge on any atom is -0.497 e. The van der Waals surface area contributed by atoms with Gasteiger partial charge in [0.05, 0.1) is 7.11 Å². The summed E-state index contributed by atoms with van der Waals surface area (Å²) in [7, 11) is 3.41. The molecular formula is C17H20N2O2. The number of carbonyl (C=O) groups excluding carboxylic acids is 1. The first-order chi connectivity index (χ1) is 10.0. The molecule has 0 saturated heterocycles. The number of ether oxygens (including phenoxy) is 1. The summed E-state index contributed by atoms with van der Waals surface area (Å²) in [5.74, 6) is 0.746. The van der Waals surface area contributed by atoms with Crippen LogP contribution in [-0.2, 0) is 6.54 Å². The molecule has 2 N–H and O–H groups in total. The smallest absolute Gasteiger partial charge is 0.254 e. The van der Waals surface area contributed by atoms with Crippen molar-refractivity contribution >= 4 is 11.6 Å². The number of hydrogen-bond donors (Lipinski definition) is 1. The Morgan fingerprint density at radius 1 is 1.24 bits per heavy atom. The van der Waals surface area contributed by atoms with Crippen molar-refractivity contribution in [2.24, 2.45) is 0 Å². The molecule has 0 aliphatic rings. The number of benzene rings is 2. The Bertz CT molecular complexity index is 653. The van der Waals surface area contributed by atoms with Crippen molar-refractivity contribution in [3.8, 4) is 5.75 Å². The van der Waals surface area contributed by atoms with Gasteiger partial charge >= 0.3 is 0 Å². The third kappa shape index (κ3) is 3.54. The quantitative estimate of drug-likeness (QED) is 0.878. The van der Waals surface area contributed by atoms with Crippen molar-refractivity contribution in [3.05, 3.63) is 59.2 Å². The molecule has 0 heterocycles. The summed E-state index contributed by atoms with van der Waals surface area (Å²) in [6.45, 7) is 2.43. The Morgan fingerprint density at radius 2 is 2.00 bits per heavy atom. The fourth-order valence-electron chi connectivity index (χ4n) is 2.19. The molecule has 110 valence electrons. The third-order valence-corrected chi connectivity index (χ3v) is 3.39. The van der Waals surface area contributed by atoms with Crippen molar-refractivity contribution in [2.45, 2.75) is 13.5 Å². The molecule has 0 bridgehead atoms. The second-order valence-corrected chi connectivity index (χ2v) is 5.09. The number of amides is 1. The van der Waals surface area contributed by atoms with Gasteiger partial charge in [0.15, 0.2) is 0 Å². The van der Waals surface area contributed by atoms with Crippen LogP contribution in [0.15, 0.2) is 42.5 Å². The van der Waals surface area contributed by atoms with Gasteiger partial charge in [-0.25, -0.2) is 0 Å². The van der Waals surface area contributed by atoms with E-state index in [0.29, 0.717) is 17.8 Å². The van der Waals surface area contributed by atoms with Crippen molar-refractivity contribution in [1.82, 2.24) is 4.90 Å². The minimum absolute atomic E-state index is 0.0392. The first-order valence-electron chi connectivity index (χ1n) is 6.76. The van der Waals surface area contributed by atoms with Crippen LogP contribution in [0, 0.1) is 6.92 Å². The summed E-state index contributed by atoms with van der Waals surface area (Å²) in [5, 5.41) is 0. The standard InChI is InChI=1S/C17H20N2O2/c1-12-7-8-14(18)10-16(12)17(20)19(2)11-13-5-4-6-15(9-13)21-3/h4-10H,11,18H2,1-3H3. The highest BCUT2D eigenvalue weighted by atomic mass is 16.5. The SMILES string of the molecule is COc1cccc(CN(C)C(=O)c2cc(N)ccc2C)c1. The summed E-state index contributed by atoms with van der Waals surface area (Å²) >= 11 is 0. The van der Waals surface area contributed by atoms with Crippen molar-refractivity contribution in [1.29, 1.82) is 0 Å². The number of rotatable bonds is 4. The van der Waals surface area contributed by atoms with Gasteiger partial charge in [0.1, 0.15) is 5.75 Å². The monoisotopic (exact) mass is 284 g/mol. The molecule has 1 amide bonds. The highest BCUT2D eigenvalue weighted by Crippen LogP contribution is 2.17. The maximum atomic E-state index is 12.5. The van der Waals surface area contributed by atoms with Gasteiger partial charge < -0.3 is 15.4 Å². The van der Waals surface area contributed by atoms with Gasteiger partial charge in [0.2, 0.25) is 0 Å². The summed E-state index contributed by atoms with van der Waals surface area (Å²) in [5.41, 5.74) is 8.95. The maximum Gasteiger partial charge on any atom is 0.254 e. The van der Waals surface area contributed by atoms with Gasteiger partial charge in [-0.05, 0) is 42.3 Å². The van der Waals surface area contributed by atoms with Crippen LogP contribution in [-0.4, -0.2) is 25.0 Å². The Morgan fingerprint density at radius 3 is 2.71 bits per heavy atom. The zero-order valence-electron chi connectivity index (χ0n) is 12.6. The molecule has 21 heavy (non-hydrogen) atoms. The van der Waals surface area contributed by atoms with E-state index in [-0.39, 0.29) is 5.91 Å². The molecule has 2 rings (SSSR count). The first-order valence-corrected chi connectivity index (χ1v) is 6.76. The fourth-order valence-corrected chi connectivity index (χ4v) is 2.19. The normalized spacial score (nSPS) is 10.2. The Kier molecular flexibility index (Phi) is 4.48. The van der Waals surface area contributed by atoms with E-state index in [1.54, 1.807) is 31.2 Å². The predicted octanol–water partition coefficient (Wildman–Crippen LogP) is 2.86. The summed E-state index contributed by atoms with van der Waals surface area (Å²) < 4.78 is 5.20. The highest BCUT2D eigenvalue weighted by molar-refractivity contribution is 5.96. The van der Waals surface area contributed by atoms with Gasteiger partial charge in [-0.1, -0.05) is 18.2 Å². The number of carbonyl (C=O) groups is 1. The molecule has 0 spiro atoms. The third-order valence-electron chi connectivity index (χ3n) is 3.39. The molecule has 0 aromatic heterocycles. The molecule has 0 radical (unpaired) electrons. The molecule has 4 nitrogen and oxygen atoms in total. The lowest BCUT2D eigenvalue weighted by Gasteiger charge is -2.19. The fraction of sp³-hybridized carbons (Fsp3) is 0.235. The van der Waals surface area contributed by atoms with E-state index in [4.69, 9.17) is 10.5 Å². The van der Waals surface area contributed by atoms with Crippen molar-refractivity contribution in [3.63, 3.8) is 0 Å². The Balaban J connectivity index is 2.17. The van der Waals surface area contributed by atoms with Crippen LogP contribution in [0.3, 0.4) is 0 Å². The molecule has 0 saturated carbocycles. The van der Waals surface area contributed by atoms with Gasteiger partial charge in [-0.2, -0.15) is 0 Å². The summed E-state index contributed by atoms with van der Waals surface area (Å²) in [4.78, 5) is 14.2. The lowest BCUT2D eigenvalue weighted by Crippen LogP contribution is -2.27. The first kappa shape index (κ1) is 14.9. The van der Waals surface area contributed by atoms with E-state index in [2.05, 4.69) is 0 Å². The topological polar surface area (TPSA) is 55.6 Å². The molecule has 0 atom stereocenters. The number of anilines is 1. The van der Waals surface area contributed by atoms with Crippen LogP contribution in [0.1, 0.15) is 21.5 Å². The number of aryl methyl sites for hydroxylation is 1. The lowest BCUT2D eigenvalue weighted by atomic mass is 10.1. The molecule has 0 unspecified atom stereocenters. The number of nitrogens with zero attached hydrogens (tertiary/aromatic N) is 1. The Hall–Kier alpha value is -2.49. The number of hydrogen-bond acceptors (Lipinski definition) is 3. The van der Waals surface area contributed by atoms with E-state index < -0.39 is 0 Å².